The van der Waals surface area contributed by atoms with Crippen LogP contribution < -0.4 is 15.4 Å². The number of carbonyl (C=O) groups excluding carboxylic acids is 1. The molecule has 7 nitrogen and oxygen atoms in total. The van der Waals surface area contributed by atoms with Gasteiger partial charge in [0.05, 0.1) is 11.4 Å². The van der Waals surface area contributed by atoms with Crippen molar-refractivity contribution in [2.75, 3.05) is 23.8 Å². The van der Waals surface area contributed by atoms with Gasteiger partial charge in [0.25, 0.3) is 5.91 Å². The third-order valence-electron chi connectivity index (χ3n) is 4.66. The van der Waals surface area contributed by atoms with Crippen LogP contribution in [0.25, 0.3) is 11.3 Å². The smallest absolute Gasteiger partial charge is 0.262 e. The van der Waals surface area contributed by atoms with Crippen molar-refractivity contribution in [2.45, 2.75) is 19.8 Å². The van der Waals surface area contributed by atoms with Gasteiger partial charge in [-0.25, -0.2) is 9.97 Å². The van der Waals surface area contributed by atoms with Crippen LogP contribution >= 0.6 is 0 Å². The minimum atomic E-state index is -0.130. The number of benzene rings is 1. The van der Waals surface area contributed by atoms with Gasteiger partial charge < -0.3 is 15.4 Å². The van der Waals surface area contributed by atoms with E-state index >= 15 is 0 Å². The fraction of sp³-hybridized carbons (Fsp3) is 0.238. The van der Waals surface area contributed by atoms with Crippen LogP contribution in [-0.2, 0) is 4.79 Å². The first-order valence-corrected chi connectivity index (χ1v) is 9.14. The van der Waals surface area contributed by atoms with Crippen LogP contribution in [0.3, 0.4) is 0 Å². The van der Waals surface area contributed by atoms with Crippen molar-refractivity contribution in [2.24, 2.45) is 0 Å². The molecule has 28 heavy (non-hydrogen) atoms. The van der Waals surface area contributed by atoms with Gasteiger partial charge in [0.15, 0.2) is 6.61 Å². The van der Waals surface area contributed by atoms with E-state index in [1.807, 2.05) is 49.5 Å². The van der Waals surface area contributed by atoms with Gasteiger partial charge in [-0.05, 0) is 25.1 Å². The monoisotopic (exact) mass is 375 g/mol. The number of nitrogens with zero attached hydrogens (tertiary/aromatic N) is 3. The molecule has 0 saturated carbocycles. The minimum absolute atomic E-state index is 0.0457. The molecule has 0 fully saturated rings. The average molecular weight is 375 g/mol. The molecule has 142 valence electrons. The summed E-state index contributed by atoms with van der Waals surface area (Å²) in [6.07, 6.45) is 3.36. The second-order valence-corrected chi connectivity index (χ2v) is 6.82. The minimum Gasteiger partial charge on any atom is -0.481 e. The van der Waals surface area contributed by atoms with E-state index in [1.165, 1.54) is 0 Å². The predicted octanol–water partition coefficient (Wildman–Crippen LogP) is 3.39. The van der Waals surface area contributed by atoms with Gasteiger partial charge in [-0.3, -0.25) is 9.78 Å². The topological polar surface area (TPSA) is 89.0 Å². The molecule has 7 heteroatoms. The zero-order valence-corrected chi connectivity index (χ0v) is 15.8. The van der Waals surface area contributed by atoms with E-state index in [-0.39, 0.29) is 18.4 Å². The van der Waals surface area contributed by atoms with Crippen molar-refractivity contribution in [3.8, 4) is 17.0 Å². The maximum atomic E-state index is 11.5. The Labute approximate surface area is 163 Å². The summed E-state index contributed by atoms with van der Waals surface area (Å²) >= 11 is 0. The van der Waals surface area contributed by atoms with Crippen molar-refractivity contribution < 1.29 is 9.53 Å². The van der Waals surface area contributed by atoms with Gasteiger partial charge in [0, 0.05) is 41.5 Å². The molecule has 0 saturated heterocycles. The summed E-state index contributed by atoms with van der Waals surface area (Å²) in [5.41, 5.74) is 4.50. The van der Waals surface area contributed by atoms with Gasteiger partial charge in [0.2, 0.25) is 0 Å². The fourth-order valence-corrected chi connectivity index (χ4v) is 3.13. The third-order valence-corrected chi connectivity index (χ3v) is 4.66. The molecule has 2 aromatic heterocycles. The number of pyridine rings is 1. The maximum Gasteiger partial charge on any atom is 0.262 e. The molecule has 0 spiro atoms. The standard InChI is InChI=1S/C21H21N5O2/c1-13(16-4-3-5-17-21(16)28-11-20(27)26-17)9-23-19-8-18(24-12-25-19)15-7-6-14(2)22-10-15/h3-8,10,12-13H,9,11H2,1-2H3,(H,26,27)(H,23,24,25). The van der Waals surface area contributed by atoms with Crippen molar-refractivity contribution in [1.29, 1.82) is 0 Å². The molecule has 3 aromatic rings. The SMILES string of the molecule is Cc1ccc(-c2cc(NCC(C)c3cccc4c3OCC(=O)N4)ncn2)cn1. The molecule has 1 aliphatic rings. The summed E-state index contributed by atoms with van der Waals surface area (Å²) < 4.78 is 5.65. The van der Waals surface area contributed by atoms with Crippen LogP contribution in [0.15, 0.2) is 48.9 Å². The zero-order valence-electron chi connectivity index (χ0n) is 15.8. The number of amides is 1. The van der Waals surface area contributed by atoms with Crippen LogP contribution in [-0.4, -0.2) is 34.0 Å². The average Bonchev–Trinajstić information content (AvgIpc) is 2.72. The Balaban J connectivity index is 1.48. The van der Waals surface area contributed by atoms with Gasteiger partial charge in [-0.1, -0.05) is 19.1 Å². The number of anilines is 2. The highest BCUT2D eigenvalue weighted by atomic mass is 16.5. The second kappa shape index (κ2) is 7.64. The molecule has 1 aliphatic heterocycles. The fourth-order valence-electron chi connectivity index (χ4n) is 3.13. The van der Waals surface area contributed by atoms with E-state index < -0.39 is 0 Å². The Morgan fingerprint density at radius 3 is 2.93 bits per heavy atom. The van der Waals surface area contributed by atoms with Gasteiger partial charge in [-0.15, -0.1) is 0 Å². The molecule has 2 N–H and O–H groups in total. The number of aromatic nitrogens is 3. The van der Waals surface area contributed by atoms with Gasteiger partial charge in [0.1, 0.15) is 17.9 Å². The summed E-state index contributed by atoms with van der Waals surface area (Å²) in [6.45, 7) is 4.77. The number of rotatable bonds is 5. The van der Waals surface area contributed by atoms with E-state index in [0.717, 1.165) is 39.8 Å². The number of nitrogens with one attached hydrogen (secondary N) is 2. The van der Waals surface area contributed by atoms with Gasteiger partial charge >= 0.3 is 0 Å². The number of hydrogen-bond donors (Lipinski definition) is 2. The lowest BCUT2D eigenvalue weighted by molar-refractivity contribution is -0.118. The van der Waals surface area contributed by atoms with Crippen LogP contribution in [0.5, 0.6) is 5.75 Å². The zero-order chi connectivity index (χ0) is 19.5. The molecular formula is C21H21N5O2. The Bertz CT molecular complexity index is 1000. The highest BCUT2D eigenvalue weighted by molar-refractivity contribution is 5.95. The number of para-hydroxylation sites is 1. The summed E-state index contributed by atoms with van der Waals surface area (Å²) in [5.74, 6) is 1.51. The van der Waals surface area contributed by atoms with Crippen LogP contribution in [0.1, 0.15) is 24.1 Å². The summed E-state index contributed by atoms with van der Waals surface area (Å²) in [4.78, 5) is 24.5. The number of fused-ring (bicyclic) bond motifs is 1. The highest BCUT2D eigenvalue weighted by Crippen LogP contribution is 2.36. The van der Waals surface area contributed by atoms with Crippen molar-refractivity contribution in [3.63, 3.8) is 0 Å². The molecule has 1 atom stereocenters. The number of carbonyl (C=O) groups is 1. The Kier molecular flexibility index (Phi) is 4.89. The number of hydrogen-bond acceptors (Lipinski definition) is 6. The van der Waals surface area contributed by atoms with Crippen molar-refractivity contribution in [1.82, 2.24) is 15.0 Å². The van der Waals surface area contributed by atoms with Gasteiger partial charge in [-0.2, -0.15) is 0 Å². The number of aryl methyl sites for hydroxylation is 1. The molecule has 3 heterocycles. The Morgan fingerprint density at radius 1 is 1.21 bits per heavy atom. The van der Waals surface area contributed by atoms with Crippen molar-refractivity contribution >= 4 is 17.4 Å². The lowest BCUT2D eigenvalue weighted by Crippen LogP contribution is -2.26. The van der Waals surface area contributed by atoms with Crippen molar-refractivity contribution in [3.05, 3.63) is 60.2 Å². The first kappa shape index (κ1) is 17.9. The normalized spacial score (nSPS) is 13.9. The predicted molar refractivity (Wildman–Crippen MR) is 107 cm³/mol. The molecule has 0 aliphatic carbocycles. The van der Waals surface area contributed by atoms with E-state index in [0.29, 0.717) is 6.54 Å². The molecular weight excluding hydrogens is 354 g/mol. The number of ether oxygens (including phenoxy) is 1. The summed E-state index contributed by atoms with van der Waals surface area (Å²) in [5, 5.41) is 6.21. The molecule has 1 aromatic carbocycles. The second-order valence-electron chi connectivity index (χ2n) is 6.82. The maximum absolute atomic E-state index is 11.5. The lowest BCUT2D eigenvalue weighted by Gasteiger charge is -2.23. The van der Waals surface area contributed by atoms with E-state index in [2.05, 4.69) is 32.5 Å². The Hall–Kier alpha value is -3.48. The lowest BCUT2D eigenvalue weighted by atomic mass is 9.98. The van der Waals surface area contributed by atoms with E-state index in [9.17, 15) is 4.79 Å². The highest BCUT2D eigenvalue weighted by Gasteiger charge is 2.21. The van der Waals surface area contributed by atoms with E-state index in [1.54, 1.807) is 6.33 Å². The Morgan fingerprint density at radius 2 is 2.11 bits per heavy atom. The summed E-state index contributed by atoms with van der Waals surface area (Å²) in [6, 6.07) is 11.7. The molecule has 1 unspecified atom stereocenters. The molecule has 1 amide bonds. The van der Waals surface area contributed by atoms with Crippen LogP contribution in [0.2, 0.25) is 0 Å². The van der Waals surface area contributed by atoms with Crippen LogP contribution in [0, 0.1) is 6.92 Å². The van der Waals surface area contributed by atoms with E-state index in [4.69, 9.17) is 4.74 Å². The largest absolute Gasteiger partial charge is 0.481 e. The third kappa shape index (κ3) is 3.78. The first-order valence-electron chi connectivity index (χ1n) is 9.14. The molecule has 4 rings (SSSR count). The molecule has 0 radical (unpaired) electrons. The quantitative estimate of drug-likeness (QED) is 0.711. The molecule has 0 bridgehead atoms. The first-order chi connectivity index (χ1) is 13.6. The van der Waals surface area contributed by atoms with Crippen LogP contribution in [0.4, 0.5) is 11.5 Å². The summed E-state index contributed by atoms with van der Waals surface area (Å²) in [7, 11) is 0.